The molecule has 8 atom stereocenters. The molecule has 4 unspecified atom stereocenters. The van der Waals surface area contributed by atoms with Crippen LogP contribution in [0.1, 0.15) is 227 Å². The fraction of sp³-hybridized carbons (Fsp3) is 0.880. The molecule has 18 nitrogen and oxygen atoms in total. The second kappa shape index (κ2) is 37.5. The van der Waals surface area contributed by atoms with Crippen molar-refractivity contribution in [3.05, 3.63) is 22.7 Å². The number of nitrogens with zero attached hydrogens (tertiary/aromatic N) is 2. The number of phosphoric acid groups is 2. The van der Waals surface area contributed by atoms with Gasteiger partial charge in [0.05, 0.1) is 13.2 Å². The molecule has 0 saturated carbocycles. The van der Waals surface area contributed by atoms with Gasteiger partial charge in [-0.2, -0.15) is 9.29 Å². The third-order valence-corrected chi connectivity index (χ3v) is 15.5. The highest BCUT2D eigenvalue weighted by Crippen LogP contribution is 2.60. The fourth-order valence-electron chi connectivity index (χ4n) is 8.36. The van der Waals surface area contributed by atoms with E-state index in [1.165, 1.54) is 128 Å². The number of aliphatic hydroxyl groups is 2. The zero-order chi connectivity index (χ0) is 51.6. The number of aromatic nitrogens is 2. The summed E-state index contributed by atoms with van der Waals surface area (Å²) in [4.78, 5) is 61.9. The van der Waals surface area contributed by atoms with Crippen LogP contribution >= 0.6 is 15.6 Å². The van der Waals surface area contributed by atoms with Gasteiger partial charge in [0.1, 0.15) is 30.7 Å². The number of phosphoric ester groups is 2. The van der Waals surface area contributed by atoms with Gasteiger partial charge in [-0.15, -0.1) is 0 Å². The molecule has 6 N–H and O–H groups in total. The molecule has 70 heavy (non-hydrogen) atoms. The Hall–Kier alpha value is -2.24. The molecule has 408 valence electrons. The van der Waals surface area contributed by atoms with E-state index in [1.807, 2.05) is 0 Å². The van der Waals surface area contributed by atoms with Crippen LogP contribution in [0, 0.1) is 11.8 Å². The Bertz CT molecular complexity index is 1700. The minimum absolute atomic E-state index is 0.0569. The number of carbonyl (C=O) groups is 2. The molecule has 0 spiro atoms. The lowest BCUT2D eigenvalue weighted by Gasteiger charge is -2.21. The molecule has 2 rings (SSSR count). The number of ether oxygens (including phenoxy) is 3. The second-order valence-corrected chi connectivity index (χ2v) is 22.9. The Labute approximate surface area is 419 Å². The van der Waals surface area contributed by atoms with Crippen LogP contribution in [-0.4, -0.2) is 85.7 Å². The van der Waals surface area contributed by atoms with Crippen LogP contribution in [0.5, 0.6) is 0 Å². The summed E-state index contributed by atoms with van der Waals surface area (Å²) in [6.45, 7) is 6.79. The molecular formula is C50H93N3O15P2. The largest absolute Gasteiger partial charge is 0.481 e. The minimum Gasteiger partial charge on any atom is -0.462 e. The van der Waals surface area contributed by atoms with Crippen LogP contribution < -0.4 is 11.4 Å². The summed E-state index contributed by atoms with van der Waals surface area (Å²) in [5.74, 6) is 0.291. The quantitative estimate of drug-likeness (QED) is 0.0231. The molecule has 0 amide bonds. The highest BCUT2D eigenvalue weighted by Gasteiger charge is 2.46. The summed E-state index contributed by atoms with van der Waals surface area (Å²) in [5, 5.41) is 20.9. The lowest BCUT2D eigenvalue weighted by Crippen LogP contribution is -2.36. The SMILES string of the molecule is CCC(C)CCCCCCCCCCCCCCCCCCCCC(=O)O[C@H](COC(=O)CCCCCCCCCC(C)C)COP(=O)(O)OP(=O)(O)OC[C@H]1O[C@@H](n2ccc(N)nc2=O)C(O)[C@H]1O. The molecule has 1 aromatic rings. The van der Waals surface area contributed by atoms with Gasteiger partial charge in [-0.3, -0.25) is 23.2 Å². The summed E-state index contributed by atoms with van der Waals surface area (Å²) >= 11 is 0. The highest BCUT2D eigenvalue weighted by molar-refractivity contribution is 7.61. The number of nitrogen functional groups attached to an aromatic ring is 1. The topological polar surface area (TPSA) is 265 Å². The Kier molecular flexibility index (Phi) is 34.2. The zero-order valence-electron chi connectivity index (χ0n) is 43.2. The number of anilines is 1. The molecule has 20 heteroatoms. The standard InChI is InChI=1S/C50H93N3O15P2/c1-5-41(4)32-28-24-20-16-14-12-10-8-6-7-9-11-13-15-17-21-26-30-34-46(55)66-42(37-63-45(54)33-29-25-22-18-19-23-27-31-40(2)3)38-64-69(59,60)68-70(61,62)65-39-43-47(56)48(57)49(67-43)53-36-35-44(51)52-50(53)58/h35-36,40-43,47-49,56-57H,5-34,37-39H2,1-4H3,(H,59,60)(H,61,62)(H2,51,52,58)/t41?,42-,43-,47+,48?,49-/m1/s1. The molecule has 0 radical (unpaired) electrons. The van der Waals surface area contributed by atoms with E-state index in [9.17, 15) is 43.5 Å². The molecule has 0 aliphatic carbocycles. The van der Waals surface area contributed by atoms with Crippen LogP contribution in [0.2, 0.25) is 0 Å². The normalized spacial score (nSPS) is 19.7. The zero-order valence-corrected chi connectivity index (χ0v) is 45.0. The number of aliphatic hydroxyl groups excluding tert-OH is 2. The van der Waals surface area contributed by atoms with Crippen molar-refractivity contribution >= 4 is 33.4 Å². The van der Waals surface area contributed by atoms with E-state index in [1.54, 1.807) is 0 Å². The number of rotatable bonds is 44. The maximum absolute atomic E-state index is 12.9. The van der Waals surface area contributed by atoms with Crippen LogP contribution in [0.25, 0.3) is 0 Å². The maximum Gasteiger partial charge on any atom is 0.481 e. The smallest absolute Gasteiger partial charge is 0.462 e. The summed E-state index contributed by atoms with van der Waals surface area (Å²) in [7, 11) is -10.8. The Balaban J connectivity index is 1.73. The predicted octanol–water partition coefficient (Wildman–Crippen LogP) is 11.2. The third-order valence-electron chi connectivity index (χ3n) is 12.9. The van der Waals surface area contributed by atoms with E-state index >= 15 is 0 Å². The monoisotopic (exact) mass is 1040 g/mol. The van der Waals surface area contributed by atoms with Crippen molar-refractivity contribution < 1.29 is 66.3 Å². The van der Waals surface area contributed by atoms with Crippen molar-refractivity contribution in [2.45, 2.75) is 251 Å². The molecule has 0 aromatic carbocycles. The van der Waals surface area contributed by atoms with Crippen LogP contribution in [0.3, 0.4) is 0 Å². The molecular weight excluding hydrogens is 945 g/mol. The van der Waals surface area contributed by atoms with E-state index in [4.69, 9.17) is 29.0 Å². The van der Waals surface area contributed by atoms with Gasteiger partial charge >= 0.3 is 33.3 Å². The average molecular weight is 1040 g/mol. The number of hydrogen-bond acceptors (Lipinski definition) is 15. The summed E-state index contributed by atoms with van der Waals surface area (Å²) < 4.78 is 56.8. The van der Waals surface area contributed by atoms with Crippen LogP contribution in [0.4, 0.5) is 5.82 Å². The van der Waals surface area contributed by atoms with Gasteiger partial charge in [-0.1, -0.05) is 195 Å². The molecule has 1 fully saturated rings. The van der Waals surface area contributed by atoms with Gasteiger partial charge < -0.3 is 39.9 Å². The first-order valence-electron chi connectivity index (χ1n) is 26.8. The first-order valence-corrected chi connectivity index (χ1v) is 29.8. The average Bonchev–Trinajstić information content (AvgIpc) is 3.58. The Morgan fingerprint density at radius 3 is 1.63 bits per heavy atom. The number of nitrogens with two attached hydrogens (primary N) is 1. The second-order valence-electron chi connectivity index (χ2n) is 19.8. The van der Waals surface area contributed by atoms with E-state index in [2.05, 4.69) is 37.0 Å². The molecule has 2 heterocycles. The molecule has 1 saturated heterocycles. The lowest BCUT2D eigenvalue weighted by atomic mass is 9.99. The summed E-state index contributed by atoms with van der Waals surface area (Å²) in [5.41, 5.74) is 4.59. The van der Waals surface area contributed by atoms with Crippen molar-refractivity contribution in [2.24, 2.45) is 11.8 Å². The predicted molar refractivity (Wildman–Crippen MR) is 270 cm³/mol. The minimum atomic E-state index is -5.42. The van der Waals surface area contributed by atoms with Crippen molar-refractivity contribution in [3.63, 3.8) is 0 Å². The molecule has 1 aromatic heterocycles. The molecule has 0 bridgehead atoms. The van der Waals surface area contributed by atoms with Crippen LogP contribution in [-0.2, 0) is 46.3 Å². The van der Waals surface area contributed by atoms with Crippen molar-refractivity contribution in [2.75, 3.05) is 25.6 Å². The van der Waals surface area contributed by atoms with Gasteiger partial charge in [-0.05, 0) is 30.7 Å². The Morgan fingerprint density at radius 2 is 1.14 bits per heavy atom. The number of hydrogen-bond donors (Lipinski definition) is 5. The van der Waals surface area contributed by atoms with Gasteiger partial charge in [0, 0.05) is 19.0 Å². The Morgan fingerprint density at radius 1 is 0.686 bits per heavy atom. The van der Waals surface area contributed by atoms with E-state index < -0.39 is 83.7 Å². The maximum atomic E-state index is 12.9. The summed E-state index contributed by atoms with van der Waals surface area (Å²) in [6.07, 6.45) is 26.4. The number of carbonyl (C=O) groups excluding carboxylic acids is 2. The first-order chi connectivity index (χ1) is 33.4. The lowest BCUT2D eigenvalue weighted by molar-refractivity contribution is -0.161. The summed E-state index contributed by atoms with van der Waals surface area (Å²) in [6, 6.07) is 1.25. The van der Waals surface area contributed by atoms with Crippen molar-refractivity contribution in [3.8, 4) is 0 Å². The first kappa shape index (κ1) is 63.9. The van der Waals surface area contributed by atoms with E-state index in [0.717, 1.165) is 61.9 Å². The van der Waals surface area contributed by atoms with Crippen molar-refractivity contribution in [1.29, 1.82) is 0 Å². The fourth-order valence-corrected chi connectivity index (χ4v) is 10.5. The highest BCUT2D eigenvalue weighted by atomic mass is 31.3. The van der Waals surface area contributed by atoms with Gasteiger partial charge in [-0.25, -0.2) is 13.9 Å². The number of esters is 2. The van der Waals surface area contributed by atoms with E-state index in [-0.39, 0.29) is 18.7 Å². The number of unbranched alkanes of at least 4 members (excludes halogenated alkanes) is 23. The van der Waals surface area contributed by atoms with Gasteiger partial charge in [0.25, 0.3) is 0 Å². The van der Waals surface area contributed by atoms with E-state index in [0.29, 0.717) is 18.8 Å². The van der Waals surface area contributed by atoms with Crippen molar-refractivity contribution in [1.82, 2.24) is 9.55 Å². The van der Waals surface area contributed by atoms with Gasteiger partial charge in [0.2, 0.25) is 0 Å². The third kappa shape index (κ3) is 30.7. The molecule has 1 aliphatic rings. The van der Waals surface area contributed by atoms with Crippen LogP contribution in [0.15, 0.2) is 17.1 Å². The van der Waals surface area contributed by atoms with Gasteiger partial charge in [0.15, 0.2) is 12.3 Å². The molecule has 1 aliphatic heterocycles.